The molecular formula is C31H37NO6S. The number of methoxy groups -OCH3 is 1. The van der Waals surface area contributed by atoms with Crippen LogP contribution in [-0.2, 0) is 9.53 Å². The highest BCUT2D eigenvalue weighted by molar-refractivity contribution is 7.15. The van der Waals surface area contributed by atoms with Crippen LogP contribution in [0, 0.1) is 0 Å². The Morgan fingerprint density at radius 2 is 1.72 bits per heavy atom. The summed E-state index contributed by atoms with van der Waals surface area (Å²) in [6.07, 6.45) is 7.62. The molecule has 0 spiro atoms. The largest absolute Gasteiger partial charge is 0.494 e. The number of amides is 1. The van der Waals surface area contributed by atoms with Gasteiger partial charge in [0, 0.05) is 17.0 Å². The highest BCUT2D eigenvalue weighted by Gasteiger charge is 2.22. The maximum Gasteiger partial charge on any atom is 0.341 e. The van der Waals surface area contributed by atoms with Gasteiger partial charge in [0.2, 0.25) is 5.91 Å². The number of carbonyl (C=O) groups is 2. The first kappa shape index (κ1) is 29.8. The summed E-state index contributed by atoms with van der Waals surface area (Å²) in [5.41, 5.74) is 2.63. The fourth-order valence-electron chi connectivity index (χ4n) is 3.91. The van der Waals surface area contributed by atoms with E-state index in [1.54, 1.807) is 20.1 Å². The van der Waals surface area contributed by atoms with E-state index in [4.69, 9.17) is 18.9 Å². The smallest absolute Gasteiger partial charge is 0.341 e. The quantitative estimate of drug-likeness (QED) is 0.119. The number of unbranched alkanes of at least 4 members (excludes halogenated alkanes) is 3. The number of thiophene rings is 1. The fraction of sp³-hybridized carbons (Fsp3) is 0.355. The van der Waals surface area contributed by atoms with Crippen LogP contribution in [-0.4, -0.2) is 38.8 Å². The van der Waals surface area contributed by atoms with Crippen LogP contribution in [0.1, 0.15) is 62.4 Å². The summed E-state index contributed by atoms with van der Waals surface area (Å²) in [5.74, 6) is 1.18. The molecule has 208 valence electrons. The predicted octanol–water partition coefficient (Wildman–Crippen LogP) is 7.61. The molecule has 3 aromatic rings. The molecule has 0 saturated carbocycles. The van der Waals surface area contributed by atoms with Gasteiger partial charge >= 0.3 is 5.97 Å². The third kappa shape index (κ3) is 8.61. The molecule has 1 aromatic heterocycles. The molecule has 0 aliphatic rings. The van der Waals surface area contributed by atoms with Crippen molar-refractivity contribution >= 4 is 34.3 Å². The molecule has 0 aliphatic carbocycles. The molecule has 1 heterocycles. The number of esters is 1. The lowest BCUT2D eigenvalue weighted by molar-refractivity contribution is -0.111. The van der Waals surface area contributed by atoms with Crippen molar-refractivity contribution in [2.75, 3.05) is 32.2 Å². The van der Waals surface area contributed by atoms with Gasteiger partial charge in [-0.15, -0.1) is 11.3 Å². The number of anilines is 1. The van der Waals surface area contributed by atoms with E-state index in [2.05, 4.69) is 12.2 Å². The van der Waals surface area contributed by atoms with E-state index in [0.29, 0.717) is 40.8 Å². The summed E-state index contributed by atoms with van der Waals surface area (Å²) in [7, 11) is 1.59. The third-order valence-corrected chi connectivity index (χ3v) is 6.75. The Balaban J connectivity index is 1.73. The number of hydrogen-bond acceptors (Lipinski definition) is 7. The van der Waals surface area contributed by atoms with Crippen molar-refractivity contribution in [3.8, 4) is 28.4 Å². The zero-order valence-electron chi connectivity index (χ0n) is 23.1. The molecule has 3 rings (SSSR count). The van der Waals surface area contributed by atoms with Crippen molar-refractivity contribution < 1.29 is 28.5 Å². The monoisotopic (exact) mass is 551 g/mol. The standard InChI is InChI=1S/C31H37NO6S/c1-5-8-9-10-19-38-26-17-11-22(20-27(26)35-4)12-18-28(33)32-30-29(31(34)37-7-3)25(21-39-30)23-13-15-24(16-14-23)36-6-2/h11-18,20-21H,5-10,19H2,1-4H3,(H,32,33)/b18-12+. The average Bonchev–Trinajstić information content (AvgIpc) is 3.36. The Labute approximate surface area is 234 Å². The number of carbonyl (C=O) groups excluding carboxylic acids is 2. The zero-order valence-corrected chi connectivity index (χ0v) is 23.9. The number of ether oxygens (including phenoxy) is 4. The highest BCUT2D eigenvalue weighted by Crippen LogP contribution is 2.37. The Morgan fingerprint density at radius 3 is 2.41 bits per heavy atom. The number of nitrogens with one attached hydrogen (secondary N) is 1. The lowest BCUT2D eigenvalue weighted by Crippen LogP contribution is -2.12. The summed E-state index contributed by atoms with van der Waals surface area (Å²) in [6, 6.07) is 13.0. The van der Waals surface area contributed by atoms with E-state index in [1.807, 2.05) is 54.8 Å². The van der Waals surface area contributed by atoms with Crippen LogP contribution in [0.5, 0.6) is 17.2 Å². The average molecular weight is 552 g/mol. The van der Waals surface area contributed by atoms with Gasteiger partial charge in [0.05, 0.1) is 26.9 Å². The summed E-state index contributed by atoms with van der Waals surface area (Å²) < 4.78 is 22.2. The maximum absolute atomic E-state index is 12.8. The number of benzene rings is 2. The lowest BCUT2D eigenvalue weighted by Gasteiger charge is -2.11. The molecule has 0 bridgehead atoms. The molecule has 1 amide bonds. The Bertz CT molecular complexity index is 1250. The molecule has 0 aliphatic heterocycles. The molecule has 0 atom stereocenters. The molecule has 2 aromatic carbocycles. The van der Waals surface area contributed by atoms with E-state index in [1.165, 1.54) is 30.3 Å². The number of rotatable bonds is 15. The van der Waals surface area contributed by atoms with Crippen LogP contribution in [0.4, 0.5) is 5.00 Å². The van der Waals surface area contributed by atoms with Crippen molar-refractivity contribution in [1.82, 2.24) is 0 Å². The van der Waals surface area contributed by atoms with Gasteiger partial charge < -0.3 is 24.3 Å². The molecule has 8 heteroatoms. The van der Waals surface area contributed by atoms with Gasteiger partial charge in [-0.25, -0.2) is 4.79 Å². The van der Waals surface area contributed by atoms with Crippen LogP contribution in [0.3, 0.4) is 0 Å². The van der Waals surface area contributed by atoms with Crippen LogP contribution in [0.15, 0.2) is 53.9 Å². The molecule has 7 nitrogen and oxygen atoms in total. The lowest BCUT2D eigenvalue weighted by atomic mass is 10.0. The van der Waals surface area contributed by atoms with Gasteiger partial charge in [-0.2, -0.15) is 0 Å². The molecule has 0 fully saturated rings. The van der Waals surface area contributed by atoms with E-state index < -0.39 is 5.97 Å². The molecule has 0 radical (unpaired) electrons. The van der Waals surface area contributed by atoms with E-state index in [0.717, 1.165) is 29.7 Å². The van der Waals surface area contributed by atoms with Gasteiger partial charge in [-0.1, -0.05) is 44.4 Å². The summed E-state index contributed by atoms with van der Waals surface area (Å²) >= 11 is 1.28. The third-order valence-electron chi connectivity index (χ3n) is 5.85. The van der Waals surface area contributed by atoms with Crippen LogP contribution < -0.4 is 19.5 Å². The van der Waals surface area contributed by atoms with Gasteiger partial charge in [-0.05, 0) is 61.7 Å². The minimum Gasteiger partial charge on any atom is -0.494 e. The second kappa shape index (κ2) is 15.6. The summed E-state index contributed by atoms with van der Waals surface area (Å²) in [4.78, 5) is 25.7. The number of hydrogen-bond donors (Lipinski definition) is 1. The minimum atomic E-state index is -0.489. The Hall–Kier alpha value is -3.78. The topological polar surface area (TPSA) is 83.1 Å². The van der Waals surface area contributed by atoms with E-state index >= 15 is 0 Å². The zero-order chi connectivity index (χ0) is 28.0. The van der Waals surface area contributed by atoms with Crippen molar-refractivity contribution in [3.05, 3.63) is 65.0 Å². The normalized spacial score (nSPS) is 10.9. The van der Waals surface area contributed by atoms with Crippen molar-refractivity contribution in [1.29, 1.82) is 0 Å². The van der Waals surface area contributed by atoms with E-state index in [-0.39, 0.29) is 12.5 Å². The van der Waals surface area contributed by atoms with Crippen LogP contribution in [0.25, 0.3) is 17.2 Å². The Morgan fingerprint density at radius 1 is 0.923 bits per heavy atom. The van der Waals surface area contributed by atoms with Crippen LogP contribution >= 0.6 is 11.3 Å². The minimum absolute atomic E-state index is 0.227. The van der Waals surface area contributed by atoms with Crippen molar-refractivity contribution in [2.45, 2.75) is 46.5 Å². The van der Waals surface area contributed by atoms with Gasteiger partial charge in [0.25, 0.3) is 0 Å². The molecule has 39 heavy (non-hydrogen) atoms. The summed E-state index contributed by atoms with van der Waals surface area (Å²) in [5, 5.41) is 5.11. The second-order valence-electron chi connectivity index (χ2n) is 8.67. The first-order chi connectivity index (χ1) is 19.0. The van der Waals surface area contributed by atoms with E-state index in [9.17, 15) is 9.59 Å². The summed E-state index contributed by atoms with van der Waals surface area (Å²) in [6.45, 7) is 7.28. The van der Waals surface area contributed by atoms with Crippen molar-refractivity contribution in [3.63, 3.8) is 0 Å². The SMILES string of the molecule is CCCCCCOc1ccc(/C=C/C(=O)Nc2scc(-c3ccc(OCC)cc3)c2C(=O)OCC)cc1OC. The van der Waals surface area contributed by atoms with Gasteiger partial charge in [0.1, 0.15) is 16.3 Å². The van der Waals surface area contributed by atoms with Gasteiger partial charge in [-0.3, -0.25) is 4.79 Å². The second-order valence-corrected chi connectivity index (χ2v) is 9.55. The molecule has 0 saturated heterocycles. The first-order valence-corrected chi connectivity index (χ1v) is 14.2. The maximum atomic E-state index is 12.8. The molecular weight excluding hydrogens is 514 g/mol. The van der Waals surface area contributed by atoms with Crippen molar-refractivity contribution in [2.24, 2.45) is 0 Å². The molecule has 0 unspecified atom stereocenters. The highest BCUT2D eigenvalue weighted by atomic mass is 32.1. The Kier molecular flexibility index (Phi) is 11.9. The predicted molar refractivity (Wildman–Crippen MR) is 157 cm³/mol. The first-order valence-electron chi connectivity index (χ1n) is 13.3. The fourth-order valence-corrected chi connectivity index (χ4v) is 4.87. The van der Waals surface area contributed by atoms with Gasteiger partial charge in [0.15, 0.2) is 11.5 Å². The molecule has 1 N–H and O–H groups in total. The van der Waals surface area contributed by atoms with Crippen LogP contribution in [0.2, 0.25) is 0 Å².